The van der Waals surface area contributed by atoms with Gasteiger partial charge in [0.25, 0.3) is 0 Å². The van der Waals surface area contributed by atoms with Gasteiger partial charge in [0.05, 0.1) is 17.1 Å². The molecule has 73 heavy (non-hydrogen) atoms. The maximum Gasteiger partial charge on any atom is 0.0702 e. The Labute approximate surface area is 431 Å². The van der Waals surface area contributed by atoms with E-state index in [9.17, 15) is 0 Å². The molecular weight excluding hydrogens is 883 g/mol. The Hall–Kier alpha value is -9.57. The summed E-state index contributed by atoms with van der Waals surface area (Å²) in [6.07, 6.45) is 5.13. The molecule has 12 aromatic rings. The van der Waals surface area contributed by atoms with Gasteiger partial charge in [0.2, 0.25) is 0 Å². The van der Waals surface area contributed by atoms with Crippen LogP contribution in [0.5, 0.6) is 0 Å². The van der Waals surface area contributed by atoms with Crippen LogP contribution in [-0.2, 0) is 0 Å². The minimum Gasteiger partial charge on any atom is -0.256 e. The average Bonchev–Trinajstić information content (AvgIpc) is 3.51. The minimum absolute atomic E-state index is 0.211. The lowest BCUT2D eigenvalue weighted by Gasteiger charge is -2.19. The number of hydrogen-bond acceptors (Lipinski definition) is 3. The zero-order valence-electron chi connectivity index (χ0n) is 42.9. The highest BCUT2D eigenvalue weighted by Crippen LogP contribution is 2.45. The lowest BCUT2D eigenvalue weighted by Crippen LogP contribution is -1.94. The van der Waals surface area contributed by atoms with Gasteiger partial charge in [-0.15, -0.1) is 0 Å². The van der Waals surface area contributed by atoms with Crippen LogP contribution in [0.15, 0.2) is 279 Å². The van der Waals surface area contributed by atoms with Crippen LogP contribution in [-0.4, -0.2) is 15.0 Å². The summed E-state index contributed by atoms with van der Waals surface area (Å²) in [6, 6.07) is 91.6. The fourth-order valence-electron chi connectivity index (χ4n) is 9.96. The van der Waals surface area contributed by atoms with Gasteiger partial charge in [-0.3, -0.25) is 15.0 Å². The van der Waals surface area contributed by atoms with Gasteiger partial charge in [0.1, 0.15) is 0 Å². The molecular formula is C70H49N3. The van der Waals surface area contributed by atoms with Crippen molar-refractivity contribution >= 4 is 0 Å². The smallest absolute Gasteiger partial charge is 0.0702 e. The summed E-state index contributed by atoms with van der Waals surface area (Å²) in [6.45, 7) is -2.25. The SMILES string of the molecule is [2H]C([2H])([2H])c1ccc(-c2ccc(-c3ccccc3-c3cc(-c4ccccc4-c4ccc(-c5ccccn5)cc4)cc(-c4ccccc4-c4ccc(-c5ccccn5)cc4)c3)c(-c3ccc(-c4ccccc4)cc3)c2)nc1. The Balaban J connectivity index is 1.03. The van der Waals surface area contributed by atoms with E-state index in [1.54, 1.807) is 12.1 Å². The predicted octanol–water partition coefficient (Wildman–Crippen LogP) is 18.5. The summed E-state index contributed by atoms with van der Waals surface area (Å²) in [5.74, 6) is 0. The minimum atomic E-state index is -2.25. The number of benzene rings is 9. The van der Waals surface area contributed by atoms with Crippen molar-refractivity contribution in [3.63, 3.8) is 0 Å². The van der Waals surface area contributed by atoms with Crippen molar-refractivity contribution in [3.05, 3.63) is 285 Å². The molecule has 9 aromatic carbocycles. The molecule has 0 saturated heterocycles. The molecule has 0 unspecified atom stereocenters. The van der Waals surface area contributed by atoms with Crippen molar-refractivity contribution in [1.29, 1.82) is 0 Å². The third-order valence-electron chi connectivity index (χ3n) is 13.6. The van der Waals surface area contributed by atoms with Gasteiger partial charge in [0, 0.05) is 39.4 Å². The summed E-state index contributed by atoms with van der Waals surface area (Å²) >= 11 is 0. The number of rotatable bonds is 11. The third kappa shape index (κ3) is 9.32. The lowest BCUT2D eigenvalue weighted by molar-refractivity contribution is 1.27. The van der Waals surface area contributed by atoms with Crippen LogP contribution < -0.4 is 0 Å². The van der Waals surface area contributed by atoms with Crippen molar-refractivity contribution < 1.29 is 4.11 Å². The number of hydrogen-bond donors (Lipinski definition) is 0. The van der Waals surface area contributed by atoms with Crippen LogP contribution in [0.25, 0.3) is 123 Å². The molecule has 0 aliphatic carbocycles. The van der Waals surface area contributed by atoms with Crippen LogP contribution >= 0.6 is 0 Å². The monoisotopic (exact) mass is 934 g/mol. The van der Waals surface area contributed by atoms with E-state index in [4.69, 9.17) is 4.11 Å². The molecule has 0 amide bonds. The molecule has 3 heteroatoms. The Morgan fingerprint density at radius 3 is 1.07 bits per heavy atom. The fourth-order valence-corrected chi connectivity index (χ4v) is 9.96. The summed E-state index contributed by atoms with van der Waals surface area (Å²) in [4.78, 5) is 13.9. The molecule has 0 radical (unpaired) electrons. The summed E-state index contributed by atoms with van der Waals surface area (Å²) in [7, 11) is 0. The van der Waals surface area contributed by atoms with E-state index in [0.29, 0.717) is 5.69 Å². The topological polar surface area (TPSA) is 38.7 Å². The number of nitrogens with zero attached hydrogens (tertiary/aromatic N) is 3. The first kappa shape index (κ1) is 41.2. The maximum absolute atomic E-state index is 7.97. The van der Waals surface area contributed by atoms with E-state index >= 15 is 0 Å². The number of aromatic nitrogens is 3. The molecule has 0 atom stereocenters. The standard InChI is InChI=1S/C70H49N3/c1-48-25-40-70(73-47-48)56-38-39-66(67(46-56)53-28-26-50(27-29-53)49-15-3-2-4-16-49)65-22-10-9-21-64(65)59-44-57(62-19-7-5-17-60(62)51-30-34-54(35-31-51)68-23-11-13-41-71-68)43-58(45-59)63-20-8-6-18-61(63)52-32-36-55(37-33-52)69-24-12-14-42-72-69/h2-47H,1H3/i1D3. The molecule has 0 aliphatic rings. The zero-order chi connectivity index (χ0) is 51.4. The molecule has 12 rings (SSSR count). The van der Waals surface area contributed by atoms with Crippen molar-refractivity contribution in [2.45, 2.75) is 6.85 Å². The van der Waals surface area contributed by atoms with Gasteiger partial charge in [-0.05, 0) is 156 Å². The van der Waals surface area contributed by atoms with Crippen molar-refractivity contribution in [1.82, 2.24) is 15.0 Å². The Kier molecular flexibility index (Phi) is 11.3. The molecule has 3 nitrogen and oxygen atoms in total. The fraction of sp³-hybridized carbons (Fsp3) is 0.0143. The van der Waals surface area contributed by atoms with Crippen LogP contribution in [0, 0.1) is 6.85 Å². The van der Waals surface area contributed by atoms with Crippen LogP contribution in [0.4, 0.5) is 0 Å². The normalized spacial score (nSPS) is 11.9. The Bertz CT molecular complexity index is 3830. The highest BCUT2D eigenvalue weighted by molar-refractivity contribution is 5.97. The predicted molar refractivity (Wildman–Crippen MR) is 304 cm³/mol. The van der Waals surface area contributed by atoms with Gasteiger partial charge >= 0.3 is 0 Å². The molecule has 3 aromatic heterocycles. The van der Waals surface area contributed by atoms with Crippen LogP contribution in [0.2, 0.25) is 0 Å². The maximum atomic E-state index is 7.97. The Morgan fingerprint density at radius 2 is 0.603 bits per heavy atom. The number of pyridine rings is 3. The second-order valence-electron chi connectivity index (χ2n) is 18.2. The summed E-state index contributed by atoms with van der Waals surface area (Å²) in [5.41, 5.74) is 23.3. The van der Waals surface area contributed by atoms with E-state index in [0.717, 1.165) is 117 Å². The molecule has 344 valence electrons. The van der Waals surface area contributed by atoms with Gasteiger partial charge < -0.3 is 0 Å². The van der Waals surface area contributed by atoms with Crippen molar-refractivity contribution in [3.8, 4) is 123 Å². The molecule has 0 fully saturated rings. The molecule has 0 bridgehead atoms. The lowest BCUT2D eigenvalue weighted by atomic mass is 9.84. The quantitative estimate of drug-likeness (QED) is 0.130. The average molecular weight is 935 g/mol. The third-order valence-corrected chi connectivity index (χ3v) is 13.6. The molecule has 0 saturated carbocycles. The zero-order valence-corrected chi connectivity index (χ0v) is 39.9. The van der Waals surface area contributed by atoms with E-state index in [1.165, 1.54) is 6.20 Å². The van der Waals surface area contributed by atoms with Gasteiger partial charge in [-0.25, -0.2) is 0 Å². The molecule has 0 aliphatic heterocycles. The van der Waals surface area contributed by atoms with Crippen LogP contribution in [0.3, 0.4) is 0 Å². The van der Waals surface area contributed by atoms with E-state index in [-0.39, 0.29) is 5.56 Å². The highest BCUT2D eigenvalue weighted by Gasteiger charge is 2.19. The van der Waals surface area contributed by atoms with Crippen molar-refractivity contribution in [2.75, 3.05) is 0 Å². The van der Waals surface area contributed by atoms with E-state index < -0.39 is 6.85 Å². The van der Waals surface area contributed by atoms with Gasteiger partial charge in [-0.1, -0.05) is 206 Å². The van der Waals surface area contributed by atoms with E-state index in [1.807, 2.05) is 54.9 Å². The summed E-state index contributed by atoms with van der Waals surface area (Å²) < 4.78 is 23.9. The first-order valence-electron chi connectivity index (χ1n) is 26.0. The van der Waals surface area contributed by atoms with Crippen LogP contribution in [0.1, 0.15) is 9.68 Å². The second-order valence-corrected chi connectivity index (χ2v) is 18.2. The first-order valence-corrected chi connectivity index (χ1v) is 24.5. The Morgan fingerprint density at radius 1 is 0.233 bits per heavy atom. The highest BCUT2D eigenvalue weighted by atomic mass is 14.7. The molecule has 0 N–H and O–H groups in total. The first-order chi connectivity index (χ1) is 37.3. The number of aryl methyl sites for hydroxylation is 1. The van der Waals surface area contributed by atoms with E-state index in [2.05, 4.69) is 221 Å². The van der Waals surface area contributed by atoms with Gasteiger partial charge in [-0.2, -0.15) is 0 Å². The van der Waals surface area contributed by atoms with Crippen molar-refractivity contribution in [2.24, 2.45) is 0 Å². The second kappa shape index (κ2) is 20.0. The molecule has 3 heterocycles. The molecule has 0 spiro atoms. The largest absolute Gasteiger partial charge is 0.256 e. The van der Waals surface area contributed by atoms with Gasteiger partial charge in [0.15, 0.2) is 0 Å². The summed E-state index contributed by atoms with van der Waals surface area (Å²) in [5, 5.41) is 0.